The second-order valence-corrected chi connectivity index (χ2v) is 8.35. The van der Waals surface area contributed by atoms with Gasteiger partial charge in [0.05, 0.1) is 17.1 Å². The number of para-hydroxylation sites is 1. The maximum atomic E-state index is 12.8. The Labute approximate surface area is 176 Å². The number of rotatable bonds is 5. The van der Waals surface area contributed by atoms with Gasteiger partial charge in [0.2, 0.25) is 5.91 Å². The van der Waals surface area contributed by atoms with Crippen LogP contribution in [-0.2, 0) is 11.3 Å². The van der Waals surface area contributed by atoms with E-state index in [1.807, 2.05) is 19.1 Å². The van der Waals surface area contributed by atoms with Gasteiger partial charge in [-0.05, 0) is 32.0 Å². The lowest BCUT2D eigenvalue weighted by Crippen LogP contribution is -2.22. The summed E-state index contributed by atoms with van der Waals surface area (Å²) in [5.41, 5.74) is 4.45. The average Bonchev–Trinajstić information content (AvgIpc) is 3.36. The van der Waals surface area contributed by atoms with Gasteiger partial charge in [-0.1, -0.05) is 36.0 Å². The number of thioether (sulfide) groups is 1. The van der Waals surface area contributed by atoms with E-state index < -0.39 is 0 Å². The number of H-pyrrole nitrogens is 1. The summed E-state index contributed by atoms with van der Waals surface area (Å²) >= 11 is 1.38. The molecule has 30 heavy (non-hydrogen) atoms. The van der Waals surface area contributed by atoms with E-state index in [1.165, 1.54) is 34.4 Å². The van der Waals surface area contributed by atoms with Gasteiger partial charge < -0.3 is 14.9 Å². The third kappa shape index (κ3) is 3.09. The molecule has 0 bridgehead atoms. The minimum Gasteiger partial charge on any atom is -0.341 e. The van der Waals surface area contributed by atoms with Crippen LogP contribution in [0.3, 0.4) is 0 Å². The Balaban J connectivity index is 1.41. The third-order valence-corrected chi connectivity index (χ3v) is 6.30. The van der Waals surface area contributed by atoms with E-state index in [0.29, 0.717) is 10.7 Å². The topological polar surface area (TPSA) is 88.5 Å². The number of amides is 1. The molecule has 1 amide bonds. The van der Waals surface area contributed by atoms with Gasteiger partial charge in [0.15, 0.2) is 5.65 Å². The van der Waals surface area contributed by atoms with Gasteiger partial charge >= 0.3 is 0 Å². The lowest BCUT2D eigenvalue weighted by molar-refractivity contribution is -0.115. The molecule has 0 unspecified atom stereocenters. The van der Waals surface area contributed by atoms with Crippen LogP contribution >= 0.6 is 11.8 Å². The first-order valence-electron chi connectivity index (χ1n) is 9.78. The zero-order chi connectivity index (χ0) is 20.7. The van der Waals surface area contributed by atoms with E-state index in [2.05, 4.69) is 67.1 Å². The summed E-state index contributed by atoms with van der Waals surface area (Å²) in [6.45, 7) is 4.86. The van der Waals surface area contributed by atoms with Crippen molar-refractivity contribution in [1.29, 1.82) is 0 Å². The van der Waals surface area contributed by atoms with Gasteiger partial charge in [0.1, 0.15) is 16.9 Å². The highest BCUT2D eigenvalue weighted by atomic mass is 32.2. The fourth-order valence-electron chi connectivity index (χ4n) is 3.76. The van der Waals surface area contributed by atoms with Gasteiger partial charge in [-0.15, -0.1) is 0 Å². The van der Waals surface area contributed by atoms with Crippen LogP contribution in [0.25, 0.3) is 33.0 Å². The van der Waals surface area contributed by atoms with Crippen LogP contribution in [-0.4, -0.2) is 35.7 Å². The number of nitrogens with one attached hydrogen (secondary N) is 2. The van der Waals surface area contributed by atoms with Crippen molar-refractivity contribution in [3.8, 4) is 0 Å². The van der Waals surface area contributed by atoms with Crippen molar-refractivity contribution >= 4 is 56.3 Å². The molecular weight excluding hydrogens is 396 g/mol. The predicted molar refractivity (Wildman–Crippen MR) is 121 cm³/mol. The van der Waals surface area contributed by atoms with Gasteiger partial charge in [0, 0.05) is 28.5 Å². The lowest BCUT2D eigenvalue weighted by Gasteiger charge is -2.12. The minimum absolute atomic E-state index is 0.0789. The molecule has 0 aliphatic carbocycles. The minimum atomic E-state index is -0.334. The number of aromatic nitrogens is 5. The molecule has 5 rings (SSSR count). The number of hydrogen-bond acceptors (Lipinski definition) is 5. The smallest absolute Gasteiger partial charge is 0.237 e. The van der Waals surface area contributed by atoms with Crippen molar-refractivity contribution in [2.45, 2.75) is 30.7 Å². The molecule has 0 radical (unpaired) electrons. The first-order valence-corrected chi connectivity index (χ1v) is 10.7. The Kier molecular flexibility index (Phi) is 4.63. The molecule has 0 fully saturated rings. The number of carbonyl (C=O) groups excluding carboxylic acids is 1. The molecule has 5 aromatic rings. The van der Waals surface area contributed by atoms with Gasteiger partial charge in [0.25, 0.3) is 0 Å². The molecule has 0 aliphatic rings. The third-order valence-electron chi connectivity index (χ3n) is 5.20. The van der Waals surface area contributed by atoms with Gasteiger partial charge in [-0.3, -0.25) is 4.79 Å². The number of anilines is 1. The number of nitrogens with zero attached hydrogens (tertiary/aromatic N) is 4. The lowest BCUT2D eigenvalue weighted by atomic mass is 10.1. The molecule has 1 atom stereocenters. The molecular formula is C22H20N6OS. The predicted octanol–water partition coefficient (Wildman–Crippen LogP) is 4.60. The average molecular weight is 417 g/mol. The SMILES string of the molecule is CCn1c2ccccc2c2ccc(NC(=O)[C@@H](C)Sc3ncnc4nc[nH]c34)cc21. The zero-order valence-corrected chi connectivity index (χ0v) is 17.4. The van der Waals surface area contributed by atoms with Crippen molar-refractivity contribution < 1.29 is 4.79 Å². The van der Waals surface area contributed by atoms with Crippen molar-refractivity contribution in [2.24, 2.45) is 0 Å². The van der Waals surface area contributed by atoms with Crippen LogP contribution in [0.15, 0.2) is 60.1 Å². The van der Waals surface area contributed by atoms with E-state index in [1.54, 1.807) is 6.33 Å². The number of benzene rings is 2. The summed E-state index contributed by atoms with van der Waals surface area (Å²) in [4.78, 5) is 28.4. The number of aryl methyl sites for hydroxylation is 1. The van der Waals surface area contributed by atoms with Crippen molar-refractivity contribution in [2.75, 3.05) is 5.32 Å². The zero-order valence-electron chi connectivity index (χ0n) is 16.6. The maximum Gasteiger partial charge on any atom is 0.237 e. The summed E-state index contributed by atoms with van der Waals surface area (Å²) in [5, 5.41) is 5.84. The molecule has 0 aliphatic heterocycles. The standard InChI is InChI=1S/C22H20N6OS/c1-3-28-17-7-5-4-6-15(17)16-9-8-14(10-18(16)28)27-21(29)13(2)30-22-19-20(24-11-23-19)25-12-26-22/h4-13H,3H2,1-2H3,(H,27,29)(H,23,24,25,26)/t13-/m1/s1. The monoisotopic (exact) mass is 416 g/mol. The molecule has 3 heterocycles. The highest BCUT2D eigenvalue weighted by Crippen LogP contribution is 2.31. The number of fused-ring (bicyclic) bond motifs is 4. The summed E-state index contributed by atoms with van der Waals surface area (Å²) in [5.74, 6) is -0.0789. The van der Waals surface area contributed by atoms with E-state index in [9.17, 15) is 4.79 Å². The van der Waals surface area contributed by atoms with Gasteiger partial charge in [-0.2, -0.15) is 0 Å². The molecule has 0 saturated heterocycles. The fraction of sp³-hybridized carbons (Fsp3) is 0.182. The maximum absolute atomic E-state index is 12.8. The highest BCUT2D eigenvalue weighted by Gasteiger charge is 2.18. The summed E-state index contributed by atoms with van der Waals surface area (Å²) in [6, 6.07) is 14.5. The van der Waals surface area contributed by atoms with Crippen LogP contribution < -0.4 is 5.32 Å². The Hall–Kier alpha value is -3.39. The second-order valence-electron chi connectivity index (χ2n) is 7.02. The molecule has 2 aromatic carbocycles. The van der Waals surface area contributed by atoms with E-state index in [0.717, 1.165) is 23.3 Å². The fourth-order valence-corrected chi connectivity index (χ4v) is 4.64. The Morgan fingerprint density at radius 1 is 1.13 bits per heavy atom. The second kappa shape index (κ2) is 7.46. The van der Waals surface area contributed by atoms with Gasteiger partial charge in [-0.25, -0.2) is 15.0 Å². The van der Waals surface area contributed by atoms with Crippen LogP contribution in [0.2, 0.25) is 0 Å². The summed E-state index contributed by atoms with van der Waals surface area (Å²) in [6.07, 6.45) is 3.05. The number of hydrogen-bond donors (Lipinski definition) is 2. The molecule has 150 valence electrons. The Morgan fingerprint density at radius 3 is 2.83 bits per heavy atom. The number of carbonyl (C=O) groups is 1. The normalized spacial score (nSPS) is 12.6. The van der Waals surface area contributed by atoms with E-state index in [-0.39, 0.29) is 11.2 Å². The summed E-state index contributed by atoms with van der Waals surface area (Å²) < 4.78 is 2.27. The van der Waals surface area contributed by atoms with Crippen LogP contribution in [0.4, 0.5) is 5.69 Å². The highest BCUT2D eigenvalue weighted by molar-refractivity contribution is 8.00. The molecule has 7 nitrogen and oxygen atoms in total. The van der Waals surface area contributed by atoms with E-state index >= 15 is 0 Å². The van der Waals surface area contributed by atoms with Crippen molar-refractivity contribution in [3.05, 3.63) is 55.1 Å². The number of aromatic amines is 1. The Morgan fingerprint density at radius 2 is 1.97 bits per heavy atom. The van der Waals surface area contributed by atoms with Crippen LogP contribution in [0.5, 0.6) is 0 Å². The largest absolute Gasteiger partial charge is 0.341 e. The van der Waals surface area contributed by atoms with Crippen molar-refractivity contribution in [1.82, 2.24) is 24.5 Å². The molecule has 8 heteroatoms. The first kappa shape index (κ1) is 18.6. The molecule has 2 N–H and O–H groups in total. The molecule has 0 spiro atoms. The first-order chi connectivity index (χ1) is 14.7. The van der Waals surface area contributed by atoms with Crippen LogP contribution in [0, 0.1) is 0 Å². The molecule has 3 aromatic heterocycles. The Bertz CT molecular complexity index is 1390. The van der Waals surface area contributed by atoms with E-state index in [4.69, 9.17) is 0 Å². The quantitative estimate of drug-likeness (QED) is 0.323. The number of imidazole rings is 1. The molecule has 0 saturated carbocycles. The van der Waals surface area contributed by atoms with Crippen molar-refractivity contribution in [3.63, 3.8) is 0 Å². The van der Waals surface area contributed by atoms with Crippen LogP contribution in [0.1, 0.15) is 13.8 Å². The summed E-state index contributed by atoms with van der Waals surface area (Å²) in [7, 11) is 0.